The molecule has 0 radical (unpaired) electrons. The molecule has 1 aliphatic rings. The van der Waals surface area contributed by atoms with Gasteiger partial charge >= 0.3 is 0 Å². The predicted octanol–water partition coefficient (Wildman–Crippen LogP) is 5.21. The van der Waals surface area contributed by atoms with Crippen LogP contribution in [0.25, 0.3) is 11.4 Å². The molecule has 2 heterocycles. The third-order valence-electron chi connectivity index (χ3n) is 5.43. The molecular formula is C23H33N3O2. The van der Waals surface area contributed by atoms with E-state index in [9.17, 15) is 4.79 Å². The van der Waals surface area contributed by atoms with Gasteiger partial charge in [0.1, 0.15) is 0 Å². The number of aromatic nitrogens is 2. The van der Waals surface area contributed by atoms with Gasteiger partial charge in [-0.25, -0.2) is 0 Å². The lowest BCUT2D eigenvalue weighted by molar-refractivity contribution is -0.133. The quantitative estimate of drug-likeness (QED) is 0.711. The zero-order valence-electron chi connectivity index (χ0n) is 17.9. The Kier molecular flexibility index (Phi) is 6.21. The minimum atomic E-state index is 0.239. The van der Waals surface area contributed by atoms with Crippen molar-refractivity contribution in [1.82, 2.24) is 15.0 Å². The molecule has 1 atom stereocenters. The molecule has 0 aliphatic carbocycles. The van der Waals surface area contributed by atoms with Gasteiger partial charge in [0.2, 0.25) is 17.6 Å². The van der Waals surface area contributed by atoms with Crippen LogP contribution in [-0.2, 0) is 4.79 Å². The van der Waals surface area contributed by atoms with Crippen molar-refractivity contribution in [3.8, 4) is 11.4 Å². The van der Waals surface area contributed by atoms with E-state index in [1.54, 1.807) is 0 Å². The van der Waals surface area contributed by atoms with Gasteiger partial charge in [-0.15, -0.1) is 0 Å². The van der Waals surface area contributed by atoms with Crippen molar-refractivity contribution < 1.29 is 9.32 Å². The van der Waals surface area contributed by atoms with Crippen LogP contribution in [0.15, 0.2) is 28.8 Å². The summed E-state index contributed by atoms with van der Waals surface area (Å²) in [6.45, 7) is 12.5. The SMILES string of the molecule is Cc1ccc(-c2noc(C3CCN(C(=O)C[C@H](C)CC(C)(C)C)CC3)n2)cc1. The third-order valence-corrected chi connectivity index (χ3v) is 5.43. The van der Waals surface area contributed by atoms with Crippen molar-refractivity contribution in [3.05, 3.63) is 35.7 Å². The fourth-order valence-electron chi connectivity index (χ4n) is 4.14. The Hall–Kier alpha value is -2.17. The van der Waals surface area contributed by atoms with Gasteiger partial charge in [-0.3, -0.25) is 4.79 Å². The van der Waals surface area contributed by atoms with Gasteiger partial charge in [-0.2, -0.15) is 4.98 Å². The smallest absolute Gasteiger partial charge is 0.230 e. The second kappa shape index (κ2) is 8.46. The highest BCUT2D eigenvalue weighted by atomic mass is 16.5. The lowest BCUT2D eigenvalue weighted by atomic mass is 9.84. The topological polar surface area (TPSA) is 59.2 Å². The Bertz CT molecular complexity index is 781. The van der Waals surface area contributed by atoms with Crippen molar-refractivity contribution in [2.24, 2.45) is 11.3 Å². The largest absolute Gasteiger partial charge is 0.343 e. The summed E-state index contributed by atoms with van der Waals surface area (Å²) in [4.78, 5) is 19.2. The number of amides is 1. The second-order valence-electron chi connectivity index (χ2n) is 9.55. The molecular weight excluding hydrogens is 350 g/mol. The van der Waals surface area contributed by atoms with Gasteiger partial charge in [0, 0.05) is 31.0 Å². The first-order valence-corrected chi connectivity index (χ1v) is 10.4. The summed E-state index contributed by atoms with van der Waals surface area (Å²) >= 11 is 0. The Labute approximate surface area is 168 Å². The number of carbonyl (C=O) groups excluding carboxylic acids is 1. The van der Waals surface area contributed by atoms with E-state index in [4.69, 9.17) is 4.52 Å². The maximum atomic E-state index is 12.6. The predicted molar refractivity (Wildman–Crippen MR) is 111 cm³/mol. The summed E-state index contributed by atoms with van der Waals surface area (Å²) in [5.41, 5.74) is 2.45. The zero-order chi connectivity index (χ0) is 20.3. The molecule has 2 aromatic rings. The first-order valence-electron chi connectivity index (χ1n) is 10.4. The lowest BCUT2D eigenvalue weighted by Gasteiger charge is -2.32. The molecule has 1 fully saturated rings. The van der Waals surface area contributed by atoms with E-state index < -0.39 is 0 Å². The van der Waals surface area contributed by atoms with Crippen LogP contribution >= 0.6 is 0 Å². The van der Waals surface area contributed by atoms with Crippen molar-refractivity contribution in [2.45, 2.75) is 66.2 Å². The number of hydrogen-bond acceptors (Lipinski definition) is 4. The Balaban J connectivity index is 1.53. The van der Waals surface area contributed by atoms with E-state index in [1.165, 1.54) is 5.56 Å². The van der Waals surface area contributed by atoms with E-state index in [-0.39, 0.29) is 17.2 Å². The van der Waals surface area contributed by atoms with Crippen molar-refractivity contribution in [2.75, 3.05) is 13.1 Å². The molecule has 1 aromatic heterocycles. The average molecular weight is 384 g/mol. The van der Waals surface area contributed by atoms with Crippen LogP contribution in [0.2, 0.25) is 0 Å². The van der Waals surface area contributed by atoms with Crippen LogP contribution in [0.1, 0.15) is 70.8 Å². The molecule has 1 saturated heterocycles. The number of likely N-dealkylation sites (tertiary alicyclic amines) is 1. The Morgan fingerprint density at radius 3 is 2.46 bits per heavy atom. The van der Waals surface area contributed by atoms with E-state index >= 15 is 0 Å². The first-order chi connectivity index (χ1) is 13.2. The molecule has 1 aromatic carbocycles. The van der Waals surface area contributed by atoms with Gasteiger partial charge < -0.3 is 9.42 Å². The number of aryl methyl sites for hydroxylation is 1. The normalized spacial score (nSPS) is 17.0. The fraction of sp³-hybridized carbons (Fsp3) is 0.609. The Morgan fingerprint density at radius 1 is 1.21 bits per heavy atom. The first kappa shape index (κ1) is 20.6. The molecule has 28 heavy (non-hydrogen) atoms. The molecule has 1 amide bonds. The van der Waals surface area contributed by atoms with E-state index in [2.05, 4.69) is 56.9 Å². The molecule has 0 spiro atoms. The molecule has 0 N–H and O–H groups in total. The van der Waals surface area contributed by atoms with Crippen molar-refractivity contribution in [1.29, 1.82) is 0 Å². The number of benzene rings is 1. The lowest BCUT2D eigenvalue weighted by Crippen LogP contribution is -2.38. The van der Waals surface area contributed by atoms with Gasteiger partial charge in [-0.05, 0) is 37.5 Å². The summed E-state index contributed by atoms with van der Waals surface area (Å²) < 4.78 is 5.54. The zero-order valence-corrected chi connectivity index (χ0v) is 17.9. The highest BCUT2D eigenvalue weighted by Gasteiger charge is 2.28. The van der Waals surface area contributed by atoms with Crippen LogP contribution in [0.5, 0.6) is 0 Å². The number of nitrogens with zero attached hydrogens (tertiary/aromatic N) is 3. The van der Waals surface area contributed by atoms with Gasteiger partial charge in [0.25, 0.3) is 0 Å². The molecule has 1 aliphatic heterocycles. The standard InChI is InChI=1S/C23H33N3O2/c1-16-6-8-18(9-7-16)21-24-22(28-25-21)19-10-12-26(13-11-19)20(27)14-17(2)15-23(3,4)5/h6-9,17,19H,10-15H2,1-5H3/t17-/m0/s1. The maximum Gasteiger partial charge on any atom is 0.230 e. The minimum Gasteiger partial charge on any atom is -0.343 e. The number of piperidine rings is 1. The number of carbonyl (C=O) groups is 1. The highest BCUT2D eigenvalue weighted by molar-refractivity contribution is 5.76. The summed E-state index contributed by atoms with van der Waals surface area (Å²) in [6.07, 6.45) is 3.48. The maximum absolute atomic E-state index is 12.6. The van der Waals surface area contributed by atoms with Crippen LogP contribution in [-0.4, -0.2) is 34.0 Å². The second-order valence-corrected chi connectivity index (χ2v) is 9.55. The minimum absolute atomic E-state index is 0.239. The van der Waals surface area contributed by atoms with Crippen LogP contribution in [0.4, 0.5) is 0 Å². The molecule has 152 valence electrons. The molecule has 5 heteroatoms. The summed E-state index contributed by atoms with van der Waals surface area (Å²) in [7, 11) is 0. The Morgan fingerprint density at radius 2 is 1.86 bits per heavy atom. The van der Waals surface area contributed by atoms with Gasteiger partial charge in [0.15, 0.2) is 0 Å². The average Bonchev–Trinajstić information content (AvgIpc) is 3.11. The van der Waals surface area contributed by atoms with Gasteiger partial charge in [-0.1, -0.05) is 62.7 Å². The van der Waals surface area contributed by atoms with E-state index in [0.29, 0.717) is 24.1 Å². The number of rotatable bonds is 5. The summed E-state index contributed by atoms with van der Waals surface area (Å²) in [5, 5.41) is 4.15. The van der Waals surface area contributed by atoms with Crippen LogP contribution < -0.4 is 0 Å². The van der Waals surface area contributed by atoms with Crippen molar-refractivity contribution >= 4 is 5.91 Å². The van der Waals surface area contributed by atoms with Crippen LogP contribution in [0, 0.1) is 18.3 Å². The monoisotopic (exact) mass is 383 g/mol. The van der Waals surface area contributed by atoms with Gasteiger partial charge in [0.05, 0.1) is 0 Å². The molecule has 5 nitrogen and oxygen atoms in total. The fourth-order valence-corrected chi connectivity index (χ4v) is 4.14. The summed E-state index contributed by atoms with van der Waals surface area (Å²) in [6, 6.07) is 8.14. The third kappa shape index (κ3) is 5.43. The number of hydrogen-bond donors (Lipinski definition) is 0. The van der Waals surface area contributed by atoms with Crippen LogP contribution in [0.3, 0.4) is 0 Å². The molecule has 0 saturated carbocycles. The van der Waals surface area contributed by atoms with E-state index in [1.807, 2.05) is 17.0 Å². The van der Waals surface area contributed by atoms with E-state index in [0.717, 1.165) is 37.9 Å². The summed E-state index contributed by atoms with van der Waals surface area (Å²) in [5.74, 6) is 2.27. The highest BCUT2D eigenvalue weighted by Crippen LogP contribution is 2.30. The molecule has 0 unspecified atom stereocenters. The van der Waals surface area contributed by atoms with Crippen molar-refractivity contribution in [3.63, 3.8) is 0 Å². The molecule has 0 bridgehead atoms. The molecule has 3 rings (SSSR count).